The Bertz CT molecular complexity index is 1540. The highest BCUT2D eigenvalue weighted by Crippen LogP contribution is 2.37. The second-order valence-corrected chi connectivity index (χ2v) is 13.7. The van der Waals surface area contributed by atoms with Gasteiger partial charge in [-0.25, -0.2) is 16.8 Å². The highest BCUT2D eigenvalue weighted by Gasteiger charge is 2.43. The van der Waals surface area contributed by atoms with E-state index in [4.69, 9.17) is 0 Å². The third-order valence-electron chi connectivity index (χ3n) is 7.23. The molecule has 40 heavy (non-hydrogen) atoms. The number of piperidine rings is 1. The summed E-state index contributed by atoms with van der Waals surface area (Å²) in [7, 11) is -8.16. The molecule has 5 rings (SSSR count). The number of benzene rings is 3. The number of alkyl halides is 3. The topological polar surface area (TPSA) is 86.8 Å². The fraction of sp³-hybridized carbons (Fsp3) is 0.357. The monoisotopic (exact) mass is 593 g/mol. The summed E-state index contributed by atoms with van der Waals surface area (Å²) >= 11 is 0. The summed E-state index contributed by atoms with van der Waals surface area (Å²) in [5.41, 5.74) is 0.183. The molecule has 3 aromatic rings. The van der Waals surface area contributed by atoms with Crippen LogP contribution in [0.25, 0.3) is 0 Å². The van der Waals surface area contributed by atoms with Crippen LogP contribution in [-0.4, -0.2) is 51.2 Å². The molecule has 2 fully saturated rings. The van der Waals surface area contributed by atoms with Gasteiger partial charge < -0.3 is 0 Å². The molecular weight excluding hydrogens is 563 g/mol. The van der Waals surface area contributed by atoms with Gasteiger partial charge in [0.05, 0.1) is 15.4 Å². The fourth-order valence-corrected chi connectivity index (χ4v) is 8.10. The van der Waals surface area contributed by atoms with Crippen molar-refractivity contribution in [3.8, 4) is 0 Å². The Morgan fingerprint density at radius 2 is 1.40 bits per heavy atom. The van der Waals surface area contributed by atoms with Crippen molar-refractivity contribution in [2.24, 2.45) is 0 Å². The number of hydrogen-bond donors (Lipinski definition) is 1. The second-order valence-electron chi connectivity index (χ2n) is 10.2. The lowest BCUT2D eigenvalue weighted by molar-refractivity contribution is -0.137. The molecule has 1 saturated heterocycles. The Kier molecular flexibility index (Phi) is 7.97. The second kappa shape index (κ2) is 11.2. The van der Waals surface area contributed by atoms with E-state index in [1.807, 2.05) is 18.2 Å². The zero-order valence-electron chi connectivity index (χ0n) is 21.6. The molecule has 3 aromatic carbocycles. The van der Waals surface area contributed by atoms with Crippen LogP contribution in [0.4, 0.5) is 18.9 Å². The van der Waals surface area contributed by atoms with Crippen molar-refractivity contribution in [2.45, 2.75) is 60.3 Å². The molecule has 1 aliphatic heterocycles. The molecule has 2 aliphatic rings. The van der Waals surface area contributed by atoms with Crippen LogP contribution >= 0.6 is 0 Å². The highest BCUT2D eigenvalue weighted by atomic mass is 32.2. The lowest BCUT2D eigenvalue weighted by Crippen LogP contribution is -2.48. The Hall–Kier alpha value is -2.93. The number of anilines is 1. The van der Waals surface area contributed by atoms with Gasteiger partial charge in [0.15, 0.2) is 0 Å². The van der Waals surface area contributed by atoms with Crippen molar-refractivity contribution < 1.29 is 30.0 Å². The van der Waals surface area contributed by atoms with E-state index in [0.717, 1.165) is 63.5 Å². The lowest BCUT2D eigenvalue weighted by atomic mass is 10.0. The van der Waals surface area contributed by atoms with Gasteiger partial charge in [0.2, 0.25) is 10.0 Å². The summed E-state index contributed by atoms with van der Waals surface area (Å²) in [5, 5.41) is 0. The summed E-state index contributed by atoms with van der Waals surface area (Å²) in [6.07, 6.45) is -1.64. The van der Waals surface area contributed by atoms with Gasteiger partial charge in [-0.2, -0.15) is 17.5 Å². The van der Waals surface area contributed by atoms with Crippen molar-refractivity contribution in [2.75, 3.05) is 17.8 Å². The minimum atomic E-state index is -4.69. The first-order valence-corrected chi connectivity index (χ1v) is 16.0. The largest absolute Gasteiger partial charge is 0.416 e. The first-order chi connectivity index (χ1) is 18.9. The molecule has 0 atom stereocenters. The predicted octanol–water partition coefficient (Wildman–Crippen LogP) is 5.32. The molecule has 0 radical (unpaired) electrons. The van der Waals surface area contributed by atoms with Gasteiger partial charge in [-0.3, -0.25) is 9.62 Å². The molecule has 0 spiro atoms. The first-order valence-electron chi connectivity index (χ1n) is 13.0. The van der Waals surface area contributed by atoms with E-state index in [9.17, 15) is 30.0 Å². The normalized spacial score (nSPS) is 17.7. The minimum Gasteiger partial charge on any atom is -0.299 e. The van der Waals surface area contributed by atoms with Gasteiger partial charge in [0, 0.05) is 37.4 Å². The van der Waals surface area contributed by atoms with Gasteiger partial charge >= 0.3 is 6.18 Å². The van der Waals surface area contributed by atoms with Crippen LogP contribution in [0.3, 0.4) is 0 Å². The van der Waals surface area contributed by atoms with Gasteiger partial charge in [-0.15, -0.1) is 0 Å². The quantitative estimate of drug-likeness (QED) is 0.363. The number of nitrogens with one attached hydrogen (secondary N) is 1. The maximum Gasteiger partial charge on any atom is 0.416 e. The highest BCUT2D eigenvalue weighted by molar-refractivity contribution is 7.92. The molecule has 0 bridgehead atoms. The van der Waals surface area contributed by atoms with Crippen molar-refractivity contribution in [1.29, 1.82) is 0 Å². The predicted molar refractivity (Wildman–Crippen MR) is 145 cm³/mol. The summed E-state index contributed by atoms with van der Waals surface area (Å²) in [6, 6.07) is 18.7. The fourth-order valence-electron chi connectivity index (χ4n) is 5.06. The average molecular weight is 594 g/mol. The molecule has 1 aliphatic carbocycles. The standard InChI is InChI=1S/C28H30F3N3O4S2/c29-28(30,31)22-7-4-8-27(19-22)39(35,36)32-23-9-13-26(14-10-23)40(37,38)34(24-11-12-24)25-15-17-33(18-16-25)20-21-5-2-1-3-6-21/h1-10,13-14,19,24-25,32H,11-12,15-18,20H2. The third-order valence-corrected chi connectivity index (χ3v) is 10.6. The van der Waals surface area contributed by atoms with E-state index in [1.165, 1.54) is 29.8 Å². The van der Waals surface area contributed by atoms with Crippen LogP contribution in [0, 0.1) is 0 Å². The number of sulfonamides is 2. The van der Waals surface area contributed by atoms with Crippen molar-refractivity contribution >= 4 is 25.7 Å². The maximum atomic E-state index is 13.7. The van der Waals surface area contributed by atoms with Gasteiger partial charge in [-0.05, 0) is 73.7 Å². The average Bonchev–Trinajstić information content (AvgIpc) is 3.75. The smallest absolute Gasteiger partial charge is 0.299 e. The SMILES string of the molecule is O=S(=O)(Nc1ccc(S(=O)(=O)N(C2CC2)C2CCN(Cc3ccccc3)CC2)cc1)c1cccc(C(F)(F)F)c1. The number of halogens is 3. The molecule has 1 N–H and O–H groups in total. The van der Waals surface area contributed by atoms with E-state index < -0.39 is 36.7 Å². The van der Waals surface area contributed by atoms with Gasteiger partial charge in [-0.1, -0.05) is 36.4 Å². The van der Waals surface area contributed by atoms with Crippen molar-refractivity contribution in [1.82, 2.24) is 9.21 Å². The van der Waals surface area contributed by atoms with Crippen LogP contribution in [0.1, 0.15) is 36.8 Å². The molecule has 0 amide bonds. The molecule has 12 heteroatoms. The molecule has 1 heterocycles. The van der Waals surface area contributed by atoms with E-state index in [0.29, 0.717) is 6.07 Å². The van der Waals surface area contributed by atoms with E-state index in [2.05, 4.69) is 21.8 Å². The molecular formula is C28H30F3N3O4S2. The van der Waals surface area contributed by atoms with Crippen LogP contribution in [-0.2, 0) is 32.8 Å². The lowest BCUT2D eigenvalue weighted by Gasteiger charge is -2.38. The van der Waals surface area contributed by atoms with E-state index in [1.54, 1.807) is 4.31 Å². The third kappa shape index (κ3) is 6.51. The number of hydrogen-bond acceptors (Lipinski definition) is 5. The van der Waals surface area contributed by atoms with E-state index in [-0.39, 0.29) is 22.7 Å². The minimum absolute atomic E-state index is 0.0450. The van der Waals surface area contributed by atoms with Crippen molar-refractivity contribution in [3.05, 3.63) is 90.0 Å². The van der Waals surface area contributed by atoms with Crippen LogP contribution in [0.2, 0.25) is 0 Å². The Labute approximate surface area is 232 Å². The molecule has 0 aromatic heterocycles. The Morgan fingerprint density at radius 3 is 2.00 bits per heavy atom. The molecule has 0 unspecified atom stereocenters. The van der Waals surface area contributed by atoms with E-state index >= 15 is 0 Å². The summed E-state index contributed by atoms with van der Waals surface area (Å²) in [4.78, 5) is 1.83. The molecule has 7 nitrogen and oxygen atoms in total. The number of rotatable bonds is 9. The number of likely N-dealkylation sites (tertiary alicyclic amines) is 1. The van der Waals surface area contributed by atoms with Crippen molar-refractivity contribution in [3.63, 3.8) is 0 Å². The Morgan fingerprint density at radius 1 is 0.775 bits per heavy atom. The summed E-state index contributed by atoms with van der Waals surface area (Å²) in [5.74, 6) is 0. The summed E-state index contributed by atoms with van der Waals surface area (Å²) < 4.78 is 95.8. The zero-order valence-corrected chi connectivity index (χ0v) is 23.2. The van der Waals surface area contributed by atoms with Crippen LogP contribution < -0.4 is 4.72 Å². The van der Waals surface area contributed by atoms with Crippen LogP contribution in [0.15, 0.2) is 88.7 Å². The van der Waals surface area contributed by atoms with Gasteiger partial charge in [0.25, 0.3) is 10.0 Å². The van der Waals surface area contributed by atoms with Crippen LogP contribution in [0.5, 0.6) is 0 Å². The first kappa shape index (κ1) is 28.6. The summed E-state index contributed by atoms with van der Waals surface area (Å²) in [6.45, 7) is 2.39. The van der Waals surface area contributed by atoms with Gasteiger partial charge in [0.1, 0.15) is 0 Å². The maximum absolute atomic E-state index is 13.7. The molecule has 214 valence electrons. The Balaban J connectivity index is 1.27. The number of nitrogens with zero attached hydrogens (tertiary/aromatic N) is 2. The zero-order chi connectivity index (χ0) is 28.5. The molecule has 1 saturated carbocycles.